The Morgan fingerprint density at radius 3 is 2.41 bits per heavy atom. The van der Waals surface area contributed by atoms with E-state index < -0.39 is 15.8 Å². The molecule has 0 radical (unpaired) electrons. The van der Waals surface area contributed by atoms with Gasteiger partial charge in [-0.15, -0.1) is 0 Å². The number of sulfone groups is 1. The Morgan fingerprint density at radius 1 is 1.06 bits per heavy atom. The maximum atomic E-state index is 12.8. The van der Waals surface area contributed by atoms with Crippen molar-refractivity contribution in [3.05, 3.63) is 88.2 Å². The molecule has 1 aromatic heterocycles. The van der Waals surface area contributed by atoms with Gasteiger partial charge in [0.25, 0.3) is 5.91 Å². The third kappa shape index (κ3) is 4.31. The van der Waals surface area contributed by atoms with Crippen LogP contribution in [0.25, 0.3) is 0 Å². The molecule has 8 heteroatoms. The Morgan fingerprint density at radius 2 is 1.75 bits per heavy atom. The molecular formula is C24H24N2O5S. The molecule has 2 aromatic carbocycles. The van der Waals surface area contributed by atoms with Crippen molar-refractivity contribution >= 4 is 21.7 Å². The molecule has 0 saturated carbocycles. The maximum absolute atomic E-state index is 12.8. The van der Waals surface area contributed by atoms with Gasteiger partial charge in [-0.1, -0.05) is 42.5 Å². The molecule has 0 fully saturated rings. The van der Waals surface area contributed by atoms with Crippen LogP contribution in [0.5, 0.6) is 0 Å². The first kappa shape index (κ1) is 21.8. The molecule has 0 atom stereocenters. The second kappa shape index (κ2) is 8.63. The van der Waals surface area contributed by atoms with Gasteiger partial charge in [0.15, 0.2) is 9.84 Å². The SMILES string of the molecule is Cc1c(Cc2ccc(S(=O)(=O)Cc3ccccc3)cc2)c2c(n1CC(=O)O)CCNC2=O. The van der Waals surface area contributed by atoms with Gasteiger partial charge in [0, 0.05) is 30.8 Å². The number of aliphatic carboxylic acids is 1. The van der Waals surface area contributed by atoms with E-state index in [1.165, 1.54) is 0 Å². The second-order valence-corrected chi connectivity index (χ2v) is 9.93. The fraction of sp³-hybridized carbons (Fsp3) is 0.250. The summed E-state index contributed by atoms with van der Waals surface area (Å²) in [6.07, 6.45) is 0.985. The predicted octanol–water partition coefficient (Wildman–Crippen LogP) is 2.73. The summed E-state index contributed by atoms with van der Waals surface area (Å²) in [6, 6.07) is 15.7. The zero-order chi connectivity index (χ0) is 22.9. The molecule has 1 aliphatic rings. The Kier molecular flexibility index (Phi) is 5.88. The molecule has 3 aromatic rings. The summed E-state index contributed by atoms with van der Waals surface area (Å²) >= 11 is 0. The number of carbonyl (C=O) groups excluding carboxylic acids is 1. The molecule has 4 rings (SSSR count). The van der Waals surface area contributed by atoms with Crippen LogP contribution >= 0.6 is 0 Å². The van der Waals surface area contributed by atoms with Gasteiger partial charge in [-0.2, -0.15) is 0 Å². The molecule has 0 aliphatic carbocycles. The molecule has 0 bridgehead atoms. The number of carbonyl (C=O) groups is 2. The summed E-state index contributed by atoms with van der Waals surface area (Å²) in [5.74, 6) is -1.23. The lowest BCUT2D eigenvalue weighted by atomic mass is 9.97. The van der Waals surface area contributed by atoms with Crippen molar-refractivity contribution in [2.75, 3.05) is 6.54 Å². The van der Waals surface area contributed by atoms with Crippen LogP contribution in [0.1, 0.15) is 38.4 Å². The van der Waals surface area contributed by atoms with Crippen molar-refractivity contribution in [2.24, 2.45) is 0 Å². The maximum Gasteiger partial charge on any atom is 0.323 e. The third-order valence-electron chi connectivity index (χ3n) is 5.79. The van der Waals surface area contributed by atoms with E-state index in [9.17, 15) is 23.1 Å². The number of carboxylic acid groups (broad SMARTS) is 1. The summed E-state index contributed by atoms with van der Waals surface area (Å²) in [5.41, 5.74) is 4.38. The lowest BCUT2D eigenvalue weighted by molar-refractivity contribution is -0.137. The normalized spacial score (nSPS) is 13.5. The van der Waals surface area contributed by atoms with Crippen molar-refractivity contribution < 1.29 is 23.1 Å². The number of hydrogen-bond donors (Lipinski definition) is 2. The lowest BCUT2D eigenvalue weighted by Gasteiger charge is -2.16. The van der Waals surface area contributed by atoms with E-state index in [4.69, 9.17) is 0 Å². The highest BCUT2D eigenvalue weighted by molar-refractivity contribution is 7.90. The van der Waals surface area contributed by atoms with Gasteiger partial charge in [0.2, 0.25) is 0 Å². The van der Waals surface area contributed by atoms with Gasteiger partial charge in [0.1, 0.15) is 6.54 Å². The van der Waals surface area contributed by atoms with Crippen LogP contribution in [0.15, 0.2) is 59.5 Å². The van der Waals surface area contributed by atoms with Gasteiger partial charge in [-0.3, -0.25) is 9.59 Å². The van der Waals surface area contributed by atoms with Crippen LogP contribution in [0.2, 0.25) is 0 Å². The number of nitrogens with one attached hydrogen (secondary N) is 1. The molecule has 2 heterocycles. The highest BCUT2D eigenvalue weighted by Gasteiger charge is 2.28. The molecule has 166 valence electrons. The molecule has 0 saturated heterocycles. The van der Waals surface area contributed by atoms with Crippen LogP contribution in [0, 0.1) is 6.92 Å². The fourth-order valence-electron chi connectivity index (χ4n) is 4.23. The van der Waals surface area contributed by atoms with Crippen LogP contribution in [0.4, 0.5) is 0 Å². The number of amides is 1. The second-order valence-electron chi connectivity index (χ2n) is 7.94. The summed E-state index contributed by atoms with van der Waals surface area (Å²) in [4.78, 5) is 24.1. The highest BCUT2D eigenvalue weighted by Crippen LogP contribution is 2.28. The molecule has 1 amide bonds. The largest absolute Gasteiger partial charge is 0.480 e. The van der Waals surface area contributed by atoms with Gasteiger partial charge in [-0.25, -0.2) is 8.42 Å². The number of fused-ring (bicyclic) bond motifs is 1. The van der Waals surface area contributed by atoms with E-state index in [2.05, 4.69) is 5.32 Å². The van der Waals surface area contributed by atoms with E-state index in [-0.39, 0.29) is 23.1 Å². The number of carboxylic acids is 1. The van der Waals surface area contributed by atoms with Gasteiger partial charge < -0.3 is 15.0 Å². The van der Waals surface area contributed by atoms with Crippen molar-refractivity contribution in [3.63, 3.8) is 0 Å². The fourth-order valence-corrected chi connectivity index (χ4v) is 5.58. The number of rotatable bonds is 7. The van der Waals surface area contributed by atoms with Crippen LogP contribution < -0.4 is 5.32 Å². The molecule has 0 spiro atoms. The molecule has 32 heavy (non-hydrogen) atoms. The van der Waals surface area contributed by atoms with Gasteiger partial charge in [-0.05, 0) is 35.7 Å². The number of aromatic nitrogens is 1. The van der Waals surface area contributed by atoms with Gasteiger partial charge >= 0.3 is 5.97 Å². The first-order valence-electron chi connectivity index (χ1n) is 10.3. The smallest absolute Gasteiger partial charge is 0.323 e. The Bertz CT molecular complexity index is 1280. The monoisotopic (exact) mass is 452 g/mol. The zero-order valence-corrected chi connectivity index (χ0v) is 18.5. The molecule has 0 unspecified atom stereocenters. The minimum absolute atomic E-state index is 0.0714. The van der Waals surface area contributed by atoms with Crippen molar-refractivity contribution in [1.82, 2.24) is 9.88 Å². The minimum Gasteiger partial charge on any atom is -0.480 e. The van der Waals surface area contributed by atoms with Crippen LogP contribution in [-0.4, -0.2) is 36.5 Å². The van der Waals surface area contributed by atoms with E-state index >= 15 is 0 Å². The Hall–Kier alpha value is -3.39. The number of hydrogen-bond acceptors (Lipinski definition) is 4. The van der Waals surface area contributed by atoms with Crippen molar-refractivity contribution in [2.45, 2.75) is 37.0 Å². The zero-order valence-electron chi connectivity index (χ0n) is 17.7. The average molecular weight is 453 g/mol. The summed E-state index contributed by atoms with van der Waals surface area (Å²) in [7, 11) is -3.48. The van der Waals surface area contributed by atoms with E-state index in [1.807, 2.05) is 25.1 Å². The quantitative estimate of drug-likeness (QED) is 0.573. The molecule has 7 nitrogen and oxygen atoms in total. The first-order chi connectivity index (χ1) is 15.3. The van der Waals surface area contributed by atoms with E-state index in [1.54, 1.807) is 41.0 Å². The Balaban J connectivity index is 1.62. The minimum atomic E-state index is -3.48. The van der Waals surface area contributed by atoms with Crippen molar-refractivity contribution in [3.8, 4) is 0 Å². The molecular weight excluding hydrogens is 428 g/mol. The van der Waals surface area contributed by atoms with Crippen molar-refractivity contribution in [1.29, 1.82) is 0 Å². The highest BCUT2D eigenvalue weighted by atomic mass is 32.2. The van der Waals surface area contributed by atoms with Crippen LogP contribution in [-0.2, 0) is 39.8 Å². The topological polar surface area (TPSA) is 105 Å². The summed E-state index contributed by atoms with van der Waals surface area (Å²) in [5, 5.41) is 12.1. The lowest BCUT2D eigenvalue weighted by Crippen LogP contribution is -2.33. The van der Waals surface area contributed by atoms with Crippen LogP contribution in [0.3, 0.4) is 0 Å². The van der Waals surface area contributed by atoms with E-state index in [0.29, 0.717) is 24.9 Å². The standard InChI is InChI=1S/C24H24N2O5S/c1-16-20(23-21(11-12-25-24(23)29)26(16)14-22(27)28)13-17-7-9-19(10-8-17)32(30,31)15-18-5-3-2-4-6-18/h2-10H,11-15H2,1H3,(H,25,29)(H,27,28). The number of nitrogens with zero attached hydrogens (tertiary/aromatic N) is 1. The predicted molar refractivity (Wildman–Crippen MR) is 119 cm³/mol. The summed E-state index contributed by atoms with van der Waals surface area (Å²) < 4.78 is 27.2. The first-order valence-corrected chi connectivity index (χ1v) is 12.0. The summed E-state index contributed by atoms with van der Waals surface area (Å²) in [6.45, 7) is 2.10. The number of benzene rings is 2. The average Bonchev–Trinajstić information content (AvgIpc) is 3.01. The third-order valence-corrected chi connectivity index (χ3v) is 7.49. The van der Waals surface area contributed by atoms with Gasteiger partial charge in [0.05, 0.1) is 16.2 Å². The van der Waals surface area contributed by atoms with E-state index in [0.717, 1.165) is 28.1 Å². The Labute approximate surface area is 186 Å². The molecule has 2 N–H and O–H groups in total. The molecule has 1 aliphatic heterocycles.